The van der Waals surface area contributed by atoms with E-state index in [0.29, 0.717) is 43.5 Å². The fourth-order valence-electron chi connectivity index (χ4n) is 4.14. The number of hydrogen-bond donors (Lipinski definition) is 2. The molecule has 0 aliphatic carbocycles. The topological polar surface area (TPSA) is 95.8 Å². The number of hydrogen-bond acceptors (Lipinski definition) is 7. The number of rotatable bonds is 6. The van der Waals surface area contributed by atoms with Gasteiger partial charge in [-0.05, 0) is 38.5 Å². The minimum atomic E-state index is -0.0508. The maximum atomic E-state index is 11.7. The molecule has 0 bridgehead atoms. The summed E-state index contributed by atoms with van der Waals surface area (Å²) in [5, 5.41) is 15.2. The van der Waals surface area contributed by atoms with Crippen LogP contribution in [0.15, 0.2) is 30.5 Å². The van der Waals surface area contributed by atoms with Crippen LogP contribution in [0.1, 0.15) is 45.3 Å². The van der Waals surface area contributed by atoms with Gasteiger partial charge in [0.05, 0.1) is 18.5 Å². The van der Waals surface area contributed by atoms with Gasteiger partial charge in [0.2, 0.25) is 17.7 Å². The molecule has 1 saturated heterocycles. The van der Waals surface area contributed by atoms with Crippen LogP contribution in [-0.4, -0.2) is 63.7 Å². The van der Waals surface area contributed by atoms with Gasteiger partial charge in [0.25, 0.3) is 0 Å². The van der Waals surface area contributed by atoms with Gasteiger partial charge in [-0.2, -0.15) is 4.98 Å². The van der Waals surface area contributed by atoms with Crippen molar-refractivity contribution in [1.82, 2.24) is 19.4 Å². The fraction of sp³-hybridized carbons (Fsp3) is 0.458. The van der Waals surface area contributed by atoms with Gasteiger partial charge in [-0.15, -0.1) is 0 Å². The molecule has 3 aromatic rings. The van der Waals surface area contributed by atoms with E-state index in [1.165, 1.54) is 0 Å². The minimum absolute atomic E-state index is 0.0508. The van der Waals surface area contributed by atoms with Gasteiger partial charge in [-0.1, -0.05) is 12.1 Å². The monoisotopic (exact) mass is 452 g/mol. The van der Waals surface area contributed by atoms with Gasteiger partial charge in [-0.3, -0.25) is 4.79 Å². The predicted octanol–water partition coefficient (Wildman–Crippen LogP) is 3.57. The third-order valence-corrected chi connectivity index (χ3v) is 6.17. The zero-order valence-electron chi connectivity index (χ0n) is 19.9. The van der Waals surface area contributed by atoms with Crippen molar-refractivity contribution in [3.05, 3.63) is 36.0 Å². The second kappa shape index (κ2) is 9.17. The molecule has 1 aliphatic heterocycles. The second-order valence-corrected chi connectivity index (χ2v) is 8.72. The van der Waals surface area contributed by atoms with Crippen LogP contribution in [0, 0.1) is 0 Å². The molecular formula is C24H32N6O3. The molecule has 1 aliphatic rings. The first-order valence-electron chi connectivity index (χ1n) is 11.3. The van der Waals surface area contributed by atoms with E-state index < -0.39 is 0 Å². The zero-order valence-corrected chi connectivity index (χ0v) is 19.9. The Hall–Kier alpha value is -3.49. The number of piperazine rings is 1. The number of carbonyl (C=O) groups is 1. The number of anilines is 2. The number of aromatic nitrogens is 3. The van der Waals surface area contributed by atoms with Crippen LogP contribution in [0.3, 0.4) is 0 Å². The third kappa shape index (κ3) is 4.53. The Kier molecular flexibility index (Phi) is 6.31. The zero-order chi connectivity index (χ0) is 23.7. The number of amides is 1. The number of benzene rings is 1. The summed E-state index contributed by atoms with van der Waals surface area (Å²) in [5.41, 5.74) is 1.58. The molecule has 9 nitrogen and oxygen atoms in total. The highest BCUT2D eigenvalue weighted by Gasteiger charge is 2.24. The summed E-state index contributed by atoms with van der Waals surface area (Å²) in [4.78, 5) is 25.2. The predicted molar refractivity (Wildman–Crippen MR) is 129 cm³/mol. The van der Waals surface area contributed by atoms with Crippen LogP contribution >= 0.6 is 0 Å². The number of aromatic hydroxyl groups is 1. The molecule has 1 fully saturated rings. The standard InChI is InChI=1S/C24H32N6O3/c1-15(2)30-14-20-21(23(30)32)26-24(29-11-9-28(10-12-29)17(4)31)27-22(20)25-16(3)18-7-6-8-19(13-18)33-5/h6-8,13-16,32H,9-12H2,1-5H3,(H,25,26,27)/t16-/m1/s1. The Bertz CT molecular complexity index is 1150. The summed E-state index contributed by atoms with van der Waals surface area (Å²) in [7, 11) is 1.65. The molecule has 1 atom stereocenters. The van der Waals surface area contributed by atoms with Crippen LogP contribution in [0.25, 0.3) is 10.9 Å². The largest absolute Gasteiger partial charge is 0.497 e. The van der Waals surface area contributed by atoms with E-state index in [4.69, 9.17) is 14.7 Å². The lowest BCUT2D eigenvalue weighted by Gasteiger charge is -2.34. The lowest BCUT2D eigenvalue weighted by atomic mass is 10.1. The van der Waals surface area contributed by atoms with Gasteiger partial charge in [-0.25, -0.2) is 4.98 Å². The van der Waals surface area contributed by atoms with Crippen molar-refractivity contribution in [3.8, 4) is 11.6 Å². The minimum Gasteiger partial charge on any atom is -0.497 e. The van der Waals surface area contributed by atoms with E-state index in [2.05, 4.69) is 17.1 Å². The number of fused-ring (bicyclic) bond motifs is 1. The van der Waals surface area contributed by atoms with Gasteiger partial charge in [0, 0.05) is 45.3 Å². The highest BCUT2D eigenvalue weighted by molar-refractivity contribution is 5.94. The number of methoxy groups -OCH3 is 1. The van der Waals surface area contributed by atoms with Gasteiger partial charge >= 0.3 is 0 Å². The molecule has 2 aromatic heterocycles. The molecule has 4 rings (SSSR count). The Morgan fingerprint density at radius 2 is 1.88 bits per heavy atom. The van der Waals surface area contributed by atoms with Crippen molar-refractivity contribution < 1.29 is 14.6 Å². The second-order valence-electron chi connectivity index (χ2n) is 8.72. The van der Waals surface area contributed by atoms with Crippen molar-refractivity contribution in [3.63, 3.8) is 0 Å². The first kappa shape index (κ1) is 22.7. The number of nitrogens with zero attached hydrogens (tertiary/aromatic N) is 5. The summed E-state index contributed by atoms with van der Waals surface area (Å²) < 4.78 is 7.17. The van der Waals surface area contributed by atoms with Gasteiger partial charge in [0.1, 0.15) is 17.1 Å². The first-order valence-corrected chi connectivity index (χ1v) is 11.3. The molecule has 176 valence electrons. The highest BCUT2D eigenvalue weighted by atomic mass is 16.5. The maximum Gasteiger partial charge on any atom is 0.228 e. The van der Waals surface area contributed by atoms with Crippen LogP contribution in [-0.2, 0) is 4.79 Å². The van der Waals surface area contributed by atoms with Gasteiger partial charge < -0.3 is 29.5 Å². The van der Waals surface area contributed by atoms with E-state index in [1.807, 2.05) is 49.2 Å². The molecule has 0 saturated carbocycles. The molecule has 0 unspecified atom stereocenters. The number of ether oxygens (including phenoxy) is 1. The van der Waals surface area contributed by atoms with E-state index in [1.54, 1.807) is 18.6 Å². The molecule has 0 radical (unpaired) electrons. The normalized spacial score (nSPS) is 15.2. The summed E-state index contributed by atoms with van der Waals surface area (Å²) in [6.07, 6.45) is 1.90. The SMILES string of the molecule is COc1cccc([C@@H](C)Nc2nc(N3CCN(C(C)=O)CC3)nc3c(O)n(C(C)C)cc23)c1. The molecule has 3 heterocycles. The number of nitrogens with one attached hydrogen (secondary N) is 1. The molecular weight excluding hydrogens is 420 g/mol. The molecule has 9 heteroatoms. The Morgan fingerprint density at radius 1 is 1.15 bits per heavy atom. The quantitative estimate of drug-likeness (QED) is 0.590. The Labute approximate surface area is 194 Å². The summed E-state index contributed by atoms with van der Waals surface area (Å²) in [5.74, 6) is 2.20. The Balaban J connectivity index is 1.72. The summed E-state index contributed by atoms with van der Waals surface area (Å²) in [6.45, 7) is 10.2. The van der Waals surface area contributed by atoms with Crippen LogP contribution in [0.5, 0.6) is 11.6 Å². The maximum absolute atomic E-state index is 11.7. The average Bonchev–Trinajstić information content (AvgIpc) is 3.16. The number of carbonyl (C=O) groups excluding carboxylic acids is 1. The lowest BCUT2D eigenvalue weighted by Crippen LogP contribution is -2.48. The molecule has 33 heavy (non-hydrogen) atoms. The van der Waals surface area contributed by atoms with E-state index in [9.17, 15) is 9.90 Å². The summed E-state index contributed by atoms with van der Waals surface area (Å²) in [6, 6.07) is 7.93. The third-order valence-electron chi connectivity index (χ3n) is 6.17. The van der Waals surface area contributed by atoms with E-state index in [0.717, 1.165) is 16.7 Å². The average molecular weight is 453 g/mol. The van der Waals surface area contributed by atoms with Crippen molar-refractivity contribution in [1.29, 1.82) is 0 Å². The van der Waals surface area contributed by atoms with E-state index in [-0.39, 0.29) is 23.9 Å². The van der Waals surface area contributed by atoms with Crippen molar-refractivity contribution in [2.75, 3.05) is 43.5 Å². The van der Waals surface area contributed by atoms with Crippen LogP contribution in [0.2, 0.25) is 0 Å². The van der Waals surface area contributed by atoms with E-state index >= 15 is 0 Å². The van der Waals surface area contributed by atoms with Crippen molar-refractivity contribution in [2.45, 2.75) is 39.8 Å². The highest BCUT2D eigenvalue weighted by Crippen LogP contribution is 2.35. The molecule has 1 amide bonds. The molecule has 1 aromatic carbocycles. The van der Waals surface area contributed by atoms with Crippen molar-refractivity contribution >= 4 is 28.6 Å². The van der Waals surface area contributed by atoms with Gasteiger partial charge in [0.15, 0.2) is 0 Å². The van der Waals surface area contributed by atoms with Crippen LogP contribution in [0.4, 0.5) is 11.8 Å². The Morgan fingerprint density at radius 3 is 2.52 bits per heavy atom. The summed E-state index contributed by atoms with van der Waals surface area (Å²) >= 11 is 0. The molecule has 0 spiro atoms. The lowest BCUT2D eigenvalue weighted by molar-refractivity contribution is -0.129. The van der Waals surface area contributed by atoms with Crippen molar-refractivity contribution in [2.24, 2.45) is 0 Å². The smallest absolute Gasteiger partial charge is 0.228 e. The van der Waals surface area contributed by atoms with Crippen LogP contribution < -0.4 is 15.0 Å². The molecule has 2 N–H and O–H groups in total. The first-order chi connectivity index (χ1) is 15.8. The fourth-order valence-corrected chi connectivity index (χ4v) is 4.14.